The molecule has 126 valence electrons. The summed E-state index contributed by atoms with van der Waals surface area (Å²) in [6.07, 6.45) is 3.77. The Hall–Kier alpha value is -1.44. The molecule has 1 amide bonds. The number of likely N-dealkylation sites (tertiary alicyclic amines) is 2. The van der Waals surface area contributed by atoms with Crippen LogP contribution in [-0.4, -0.2) is 55.8 Å². The van der Waals surface area contributed by atoms with Gasteiger partial charge in [-0.1, -0.05) is 6.42 Å². The van der Waals surface area contributed by atoms with Crippen molar-refractivity contribution in [3.05, 3.63) is 29.8 Å². The first-order valence-electron chi connectivity index (χ1n) is 8.04. The number of nitrogens with zero attached hydrogens (tertiary/aromatic N) is 2. The molecule has 2 aliphatic rings. The van der Waals surface area contributed by atoms with Gasteiger partial charge in [-0.25, -0.2) is 13.6 Å². The van der Waals surface area contributed by atoms with E-state index in [1.807, 2.05) is 4.90 Å². The van der Waals surface area contributed by atoms with Gasteiger partial charge in [0.05, 0.1) is 4.90 Å². The van der Waals surface area contributed by atoms with Crippen LogP contribution in [0.1, 0.15) is 36.5 Å². The van der Waals surface area contributed by atoms with E-state index in [-0.39, 0.29) is 10.8 Å². The van der Waals surface area contributed by atoms with E-state index in [1.165, 1.54) is 43.5 Å². The van der Waals surface area contributed by atoms with Gasteiger partial charge in [0.15, 0.2) is 0 Å². The molecule has 0 aromatic heterocycles. The van der Waals surface area contributed by atoms with E-state index in [4.69, 9.17) is 5.14 Å². The summed E-state index contributed by atoms with van der Waals surface area (Å²) in [5.74, 6) is -0.0492. The molecule has 2 fully saturated rings. The molecule has 2 aliphatic heterocycles. The van der Waals surface area contributed by atoms with Gasteiger partial charge in [0.1, 0.15) is 0 Å². The Labute approximate surface area is 137 Å². The monoisotopic (exact) mass is 337 g/mol. The highest BCUT2D eigenvalue weighted by Crippen LogP contribution is 2.25. The average molecular weight is 337 g/mol. The molecule has 0 saturated carbocycles. The topological polar surface area (TPSA) is 83.7 Å². The van der Waals surface area contributed by atoms with E-state index in [0.717, 1.165) is 19.6 Å². The third kappa shape index (κ3) is 3.41. The van der Waals surface area contributed by atoms with Crippen molar-refractivity contribution in [2.75, 3.05) is 19.6 Å². The predicted octanol–water partition coefficient (Wildman–Crippen LogP) is 1.03. The van der Waals surface area contributed by atoms with Crippen molar-refractivity contribution in [3.8, 4) is 0 Å². The fourth-order valence-electron chi connectivity index (χ4n) is 3.46. The number of primary sulfonamides is 1. The number of benzene rings is 1. The zero-order valence-electron chi connectivity index (χ0n) is 13.3. The van der Waals surface area contributed by atoms with Crippen LogP contribution in [0.2, 0.25) is 0 Å². The van der Waals surface area contributed by atoms with Gasteiger partial charge in [0.2, 0.25) is 10.0 Å². The van der Waals surface area contributed by atoms with Gasteiger partial charge in [-0.15, -0.1) is 0 Å². The Balaban J connectivity index is 1.60. The Morgan fingerprint density at radius 3 is 2.39 bits per heavy atom. The molecule has 2 N–H and O–H groups in total. The third-order valence-corrected chi connectivity index (χ3v) is 5.83. The van der Waals surface area contributed by atoms with Crippen LogP contribution in [0.15, 0.2) is 29.2 Å². The van der Waals surface area contributed by atoms with E-state index in [2.05, 4.69) is 11.8 Å². The first-order valence-corrected chi connectivity index (χ1v) is 9.59. The molecule has 23 heavy (non-hydrogen) atoms. The first kappa shape index (κ1) is 16.4. The summed E-state index contributed by atoms with van der Waals surface area (Å²) in [6.45, 7) is 4.88. The molecular weight excluding hydrogens is 314 g/mol. The minimum atomic E-state index is -3.72. The van der Waals surface area contributed by atoms with E-state index < -0.39 is 10.0 Å². The first-order chi connectivity index (χ1) is 10.9. The molecule has 6 nitrogen and oxygen atoms in total. The Kier molecular flexibility index (Phi) is 4.44. The number of sulfonamides is 1. The second-order valence-electron chi connectivity index (χ2n) is 6.52. The quantitative estimate of drug-likeness (QED) is 0.893. The number of rotatable bonds is 3. The van der Waals surface area contributed by atoms with Crippen LogP contribution in [-0.2, 0) is 10.0 Å². The van der Waals surface area contributed by atoms with Crippen LogP contribution in [0.5, 0.6) is 0 Å². The third-order valence-electron chi connectivity index (χ3n) is 4.90. The number of amides is 1. The lowest BCUT2D eigenvalue weighted by atomic mass is 9.97. The van der Waals surface area contributed by atoms with Gasteiger partial charge in [-0.3, -0.25) is 9.69 Å². The van der Waals surface area contributed by atoms with Gasteiger partial charge < -0.3 is 4.90 Å². The smallest absolute Gasteiger partial charge is 0.253 e. The number of carbonyl (C=O) groups is 1. The summed E-state index contributed by atoms with van der Waals surface area (Å²) < 4.78 is 22.5. The van der Waals surface area contributed by atoms with Crippen molar-refractivity contribution in [2.45, 2.75) is 43.2 Å². The Morgan fingerprint density at radius 2 is 1.83 bits per heavy atom. The van der Waals surface area contributed by atoms with Crippen molar-refractivity contribution in [1.29, 1.82) is 0 Å². The molecule has 1 atom stereocenters. The highest BCUT2D eigenvalue weighted by molar-refractivity contribution is 7.89. The van der Waals surface area contributed by atoms with Gasteiger partial charge in [-0.2, -0.15) is 0 Å². The van der Waals surface area contributed by atoms with Crippen LogP contribution >= 0.6 is 0 Å². The van der Waals surface area contributed by atoms with Gasteiger partial charge >= 0.3 is 0 Å². The minimum Gasteiger partial charge on any atom is -0.335 e. The van der Waals surface area contributed by atoms with Crippen molar-refractivity contribution in [2.24, 2.45) is 5.14 Å². The number of hydrogen-bond donors (Lipinski definition) is 1. The summed E-state index contributed by atoms with van der Waals surface area (Å²) in [7, 11) is -3.72. The molecular formula is C16H23N3O3S. The van der Waals surface area contributed by atoms with Crippen LogP contribution in [0.25, 0.3) is 0 Å². The highest BCUT2D eigenvalue weighted by Gasteiger charge is 2.37. The fourth-order valence-corrected chi connectivity index (χ4v) is 3.98. The maximum atomic E-state index is 12.4. The van der Waals surface area contributed by atoms with Crippen LogP contribution < -0.4 is 5.14 Å². The van der Waals surface area contributed by atoms with Crippen molar-refractivity contribution in [3.63, 3.8) is 0 Å². The molecule has 0 unspecified atom stereocenters. The largest absolute Gasteiger partial charge is 0.335 e. The number of hydrogen-bond acceptors (Lipinski definition) is 4. The SMILES string of the molecule is C[C@@H]1CCCCN1C1CN(C(=O)c2ccc(S(N)(=O)=O)cc2)C1. The molecule has 7 heteroatoms. The van der Waals surface area contributed by atoms with Gasteiger partial charge in [-0.05, 0) is 50.6 Å². The van der Waals surface area contributed by atoms with Crippen molar-refractivity contribution in [1.82, 2.24) is 9.80 Å². The fraction of sp³-hybridized carbons (Fsp3) is 0.562. The lowest BCUT2D eigenvalue weighted by molar-refractivity contribution is 0.00212. The molecule has 2 saturated heterocycles. The molecule has 0 radical (unpaired) electrons. The summed E-state index contributed by atoms with van der Waals surface area (Å²) in [5.41, 5.74) is 0.502. The van der Waals surface area contributed by atoms with Gasteiger partial charge in [0.25, 0.3) is 5.91 Å². The molecule has 0 bridgehead atoms. The number of nitrogens with two attached hydrogens (primary N) is 1. The Bertz CT molecular complexity index is 681. The zero-order valence-corrected chi connectivity index (χ0v) is 14.1. The summed E-state index contributed by atoms with van der Waals surface area (Å²) in [6, 6.07) is 6.87. The van der Waals surface area contributed by atoms with E-state index in [0.29, 0.717) is 17.6 Å². The van der Waals surface area contributed by atoms with E-state index >= 15 is 0 Å². The predicted molar refractivity (Wildman–Crippen MR) is 87.5 cm³/mol. The van der Waals surface area contributed by atoms with Gasteiger partial charge in [0, 0.05) is 30.7 Å². The summed E-state index contributed by atoms with van der Waals surface area (Å²) >= 11 is 0. The molecule has 1 aromatic carbocycles. The molecule has 3 rings (SSSR count). The lowest BCUT2D eigenvalue weighted by Gasteiger charge is -2.49. The standard InChI is InChI=1S/C16H23N3O3S/c1-12-4-2-3-9-19(12)14-10-18(11-14)16(20)13-5-7-15(8-6-13)23(17,21)22/h5-8,12,14H,2-4,9-11H2,1H3,(H2,17,21,22)/t12-/m1/s1. The summed E-state index contributed by atoms with van der Waals surface area (Å²) in [5, 5.41) is 5.07. The van der Waals surface area contributed by atoms with Crippen molar-refractivity contribution < 1.29 is 13.2 Å². The second-order valence-corrected chi connectivity index (χ2v) is 8.08. The molecule has 0 aliphatic carbocycles. The van der Waals surface area contributed by atoms with E-state index in [9.17, 15) is 13.2 Å². The minimum absolute atomic E-state index is 0.0256. The lowest BCUT2D eigenvalue weighted by Crippen LogP contribution is -2.63. The highest BCUT2D eigenvalue weighted by atomic mass is 32.2. The normalized spacial score (nSPS) is 23.6. The van der Waals surface area contributed by atoms with E-state index in [1.54, 1.807) is 0 Å². The summed E-state index contributed by atoms with van der Waals surface area (Å²) in [4.78, 5) is 16.8. The Morgan fingerprint density at radius 1 is 1.17 bits per heavy atom. The molecule has 2 heterocycles. The second kappa shape index (κ2) is 6.22. The number of piperidine rings is 1. The maximum absolute atomic E-state index is 12.4. The average Bonchev–Trinajstić information content (AvgIpc) is 2.47. The van der Waals surface area contributed by atoms with Crippen LogP contribution in [0, 0.1) is 0 Å². The molecule has 0 spiro atoms. The molecule has 1 aromatic rings. The van der Waals surface area contributed by atoms with Crippen LogP contribution in [0.3, 0.4) is 0 Å². The zero-order chi connectivity index (χ0) is 16.6. The maximum Gasteiger partial charge on any atom is 0.253 e. The van der Waals surface area contributed by atoms with Crippen LogP contribution in [0.4, 0.5) is 0 Å². The van der Waals surface area contributed by atoms with Crippen molar-refractivity contribution >= 4 is 15.9 Å². The number of carbonyl (C=O) groups excluding carboxylic acids is 1.